The molecule has 1 aliphatic heterocycles. The molecule has 2 bridgehead atoms. The fourth-order valence-electron chi connectivity index (χ4n) is 5.71. The SMILES string of the molecule is CCCC(C(=O)O)N1CCN(C(CCC(=O)NCC(O)CO)C(=O)O)CCN(C(CCC(=O)NCC(O)CO)C(=O)O)Cc2cccc(n2)C1.[Gd+3]. The molecule has 0 fully saturated rings. The van der Waals surface area contributed by atoms with Crippen molar-refractivity contribution in [2.75, 3.05) is 52.5 Å². The summed E-state index contributed by atoms with van der Waals surface area (Å²) < 4.78 is 0. The Kier molecular flexibility index (Phi) is 22.6. The van der Waals surface area contributed by atoms with Crippen LogP contribution in [0.2, 0.25) is 0 Å². The molecule has 0 saturated carbocycles. The zero-order valence-corrected chi connectivity index (χ0v) is 31.0. The molecule has 2 amide bonds. The smallest absolute Gasteiger partial charge is 0.480 e. The van der Waals surface area contributed by atoms with Crippen LogP contribution in [0.25, 0.3) is 0 Å². The van der Waals surface area contributed by atoms with Gasteiger partial charge in [0.2, 0.25) is 11.8 Å². The number of pyridine rings is 1. The Balaban J connectivity index is 0.0000130. The van der Waals surface area contributed by atoms with Crippen LogP contribution >= 0.6 is 0 Å². The van der Waals surface area contributed by atoms with Crippen LogP contribution in [0, 0.1) is 39.9 Å². The number of aromatic nitrogens is 1. The van der Waals surface area contributed by atoms with Crippen LogP contribution in [0.5, 0.6) is 0 Å². The number of nitrogens with zero attached hydrogens (tertiary/aromatic N) is 4. The van der Waals surface area contributed by atoms with E-state index in [-0.39, 0.29) is 118 Å². The fourth-order valence-corrected chi connectivity index (χ4v) is 5.71. The van der Waals surface area contributed by atoms with E-state index in [1.54, 1.807) is 32.9 Å². The van der Waals surface area contributed by atoms with Crippen molar-refractivity contribution in [3.8, 4) is 0 Å². The number of fused-ring (bicyclic) bond motifs is 2. The predicted molar refractivity (Wildman–Crippen MR) is 176 cm³/mol. The molecule has 0 aliphatic carbocycles. The molecule has 9 N–H and O–H groups in total. The number of hydrogen-bond donors (Lipinski definition) is 9. The number of carbonyl (C=O) groups excluding carboxylic acids is 2. The average molecular weight is 870 g/mol. The number of amides is 2. The summed E-state index contributed by atoms with van der Waals surface area (Å²) in [7, 11) is 0. The first-order chi connectivity index (χ1) is 23.8. The number of carboxylic acid groups (broad SMARTS) is 3. The fraction of sp³-hybridized carbons (Fsp3) is 0.688. The molecule has 0 saturated heterocycles. The molecular weight excluding hydrogens is 818 g/mol. The third kappa shape index (κ3) is 16.8. The van der Waals surface area contributed by atoms with Crippen LogP contribution in [0.15, 0.2) is 18.2 Å². The van der Waals surface area contributed by atoms with Crippen LogP contribution in [0.4, 0.5) is 0 Å². The molecule has 19 heteroatoms. The van der Waals surface area contributed by atoms with E-state index in [0.717, 1.165) is 0 Å². The van der Waals surface area contributed by atoms with Crippen molar-refractivity contribution in [2.45, 2.75) is 88.9 Å². The van der Waals surface area contributed by atoms with Crippen LogP contribution in [0.1, 0.15) is 56.8 Å². The summed E-state index contributed by atoms with van der Waals surface area (Å²) in [4.78, 5) is 72.0. The molecule has 2 heterocycles. The molecule has 18 nitrogen and oxygen atoms in total. The van der Waals surface area contributed by atoms with E-state index in [1.807, 2.05) is 6.92 Å². The summed E-state index contributed by atoms with van der Waals surface area (Å²) in [6, 6.07) is 1.83. The maximum atomic E-state index is 12.6. The molecule has 0 spiro atoms. The Labute approximate surface area is 328 Å². The van der Waals surface area contributed by atoms with Crippen molar-refractivity contribution in [1.82, 2.24) is 30.3 Å². The minimum atomic E-state index is -1.25. The summed E-state index contributed by atoms with van der Waals surface area (Å²) >= 11 is 0. The largest absolute Gasteiger partial charge is 3.00 e. The molecule has 5 unspecified atom stereocenters. The topological polar surface area (TPSA) is 274 Å². The summed E-state index contributed by atoms with van der Waals surface area (Å²) in [6.07, 6.45) is -2.19. The van der Waals surface area contributed by atoms with Gasteiger partial charge in [-0.25, -0.2) is 0 Å². The van der Waals surface area contributed by atoms with Crippen molar-refractivity contribution in [3.05, 3.63) is 29.6 Å². The molecule has 51 heavy (non-hydrogen) atoms. The van der Waals surface area contributed by atoms with Crippen molar-refractivity contribution in [2.24, 2.45) is 0 Å². The Morgan fingerprint density at radius 1 is 0.686 bits per heavy atom. The van der Waals surface area contributed by atoms with Gasteiger partial charge in [-0.15, -0.1) is 0 Å². The summed E-state index contributed by atoms with van der Waals surface area (Å²) in [6.45, 7) is 0.596. The van der Waals surface area contributed by atoms with Gasteiger partial charge in [0.1, 0.15) is 18.1 Å². The monoisotopic (exact) mass is 870 g/mol. The van der Waals surface area contributed by atoms with Crippen molar-refractivity contribution < 1.29 is 99.7 Å². The zero-order chi connectivity index (χ0) is 37.2. The van der Waals surface area contributed by atoms with E-state index >= 15 is 0 Å². The predicted octanol–water partition coefficient (Wildman–Crippen LogP) is -2.34. The first-order valence-corrected chi connectivity index (χ1v) is 16.8. The third-order valence-corrected chi connectivity index (χ3v) is 8.46. The molecule has 5 atom stereocenters. The third-order valence-electron chi connectivity index (χ3n) is 8.46. The van der Waals surface area contributed by atoms with Gasteiger partial charge in [0.05, 0.1) is 36.8 Å². The van der Waals surface area contributed by atoms with Gasteiger partial charge >= 0.3 is 57.8 Å². The van der Waals surface area contributed by atoms with Crippen molar-refractivity contribution in [3.63, 3.8) is 0 Å². The van der Waals surface area contributed by atoms with Crippen molar-refractivity contribution >= 4 is 29.7 Å². The standard InChI is InChI=1S/C32H52N6O12.Gd/c1-2-4-25(30(45)46)37-13-11-36(26(31(47)48)7-9-28(43)33-15-23(41)19-39)12-14-38(18-22-6-3-5-21(17-37)35-22)27(32(49)50)8-10-29(44)34-16-24(42)20-40;/h3,5-6,23-27,39-42H,2,4,7-20H2,1H3,(H,33,43)(H,34,44)(H,45,46)(H,47,48)(H,49,50);/q;+3. The summed E-state index contributed by atoms with van der Waals surface area (Å²) in [5.74, 6) is -4.59. The van der Waals surface area contributed by atoms with Gasteiger partial charge in [-0.3, -0.25) is 43.7 Å². The van der Waals surface area contributed by atoms with Gasteiger partial charge in [0.25, 0.3) is 0 Å². The molecule has 1 aliphatic rings. The van der Waals surface area contributed by atoms with Gasteiger partial charge in [0.15, 0.2) is 0 Å². The van der Waals surface area contributed by atoms with Crippen molar-refractivity contribution in [1.29, 1.82) is 0 Å². The zero-order valence-electron chi connectivity index (χ0n) is 28.7. The maximum absolute atomic E-state index is 12.6. The Bertz CT molecular complexity index is 1260. The van der Waals surface area contributed by atoms with E-state index in [4.69, 9.17) is 10.2 Å². The number of carbonyl (C=O) groups is 5. The Morgan fingerprint density at radius 2 is 1.06 bits per heavy atom. The summed E-state index contributed by atoms with van der Waals surface area (Å²) in [5, 5.41) is 72.6. The van der Waals surface area contributed by atoms with E-state index in [1.165, 1.54) is 0 Å². The quantitative estimate of drug-likeness (QED) is 0.0665. The number of nitrogens with one attached hydrogen (secondary N) is 2. The van der Waals surface area contributed by atoms with Gasteiger partial charge in [-0.2, -0.15) is 0 Å². The minimum Gasteiger partial charge on any atom is -0.480 e. The van der Waals surface area contributed by atoms with Crippen LogP contribution < -0.4 is 10.6 Å². The molecule has 1 aromatic heterocycles. The second-order valence-corrected chi connectivity index (χ2v) is 12.3. The number of aliphatic carboxylic acids is 3. The number of rotatable bonds is 20. The Morgan fingerprint density at radius 3 is 1.43 bits per heavy atom. The van der Waals surface area contributed by atoms with Gasteiger partial charge in [0, 0.05) is 65.2 Å². The number of carboxylic acids is 3. The Hall–Kier alpha value is -2.46. The molecular formula is C32H52GdN6O12+3. The first kappa shape index (κ1) is 46.6. The van der Waals surface area contributed by atoms with Gasteiger partial charge in [-0.1, -0.05) is 19.4 Å². The van der Waals surface area contributed by atoms with Gasteiger partial charge < -0.3 is 46.4 Å². The molecule has 1 aromatic rings. The molecule has 1 radical (unpaired) electrons. The van der Waals surface area contributed by atoms with Crippen LogP contribution in [-0.2, 0) is 37.1 Å². The van der Waals surface area contributed by atoms with E-state index in [2.05, 4.69) is 15.6 Å². The molecule has 2 rings (SSSR count). The first-order valence-electron chi connectivity index (χ1n) is 16.8. The minimum absolute atomic E-state index is 0. The van der Waals surface area contributed by atoms with E-state index in [9.17, 15) is 49.5 Å². The van der Waals surface area contributed by atoms with E-state index < -0.39 is 73.3 Å². The number of hydrogen-bond acceptors (Lipinski definition) is 13. The number of aliphatic hydroxyl groups is 4. The number of aliphatic hydroxyl groups excluding tert-OH is 4. The summed E-state index contributed by atoms with van der Waals surface area (Å²) in [5.41, 5.74) is 1.01. The molecule has 287 valence electrons. The second-order valence-electron chi connectivity index (χ2n) is 12.3. The second kappa shape index (κ2) is 24.7. The van der Waals surface area contributed by atoms with Gasteiger partial charge in [-0.05, 0) is 31.4 Å². The maximum Gasteiger partial charge on any atom is 3.00 e. The normalized spacial score (nSPS) is 17.7. The van der Waals surface area contributed by atoms with E-state index in [0.29, 0.717) is 24.2 Å². The van der Waals surface area contributed by atoms with Crippen LogP contribution in [0.3, 0.4) is 0 Å². The average Bonchev–Trinajstić information content (AvgIpc) is 3.07. The molecule has 0 aromatic carbocycles. The van der Waals surface area contributed by atoms with Crippen LogP contribution in [-0.4, -0.2) is 168 Å².